The maximum Gasteiger partial charge on any atom is 0.0914 e. The summed E-state index contributed by atoms with van der Waals surface area (Å²) in [5, 5.41) is 14.5. The third-order valence-electron chi connectivity index (χ3n) is 2.84. The number of hydrogen-bond acceptors (Lipinski definition) is 3. The van der Waals surface area contributed by atoms with Crippen molar-refractivity contribution in [3.05, 3.63) is 42.1 Å². The topological polar surface area (TPSA) is 45.1 Å². The minimum atomic E-state index is -0.492. The summed E-state index contributed by atoms with van der Waals surface area (Å²) in [7, 11) is 0. The summed E-state index contributed by atoms with van der Waals surface area (Å²) in [6.07, 6.45) is 1.29. The highest BCUT2D eigenvalue weighted by atomic mass is 16.3. The number of pyridine rings is 1. The zero-order valence-corrected chi connectivity index (χ0v) is 11.1. The standard InChI is InChI=1S/C15H20N2O/c1-15(2,3)17-10-14(18)12-6-7-13-11(9-12)5-4-8-16-13/h4-9,14,17-18H,10H2,1-3H3/t14-/m0/s1. The van der Waals surface area contributed by atoms with Gasteiger partial charge >= 0.3 is 0 Å². The number of nitrogens with one attached hydrogen (secondary N) is 1. The molecule has 1 atom stereocenters. The van der Waals surface area contributed by atoms with Crippen molar-refractivity contribution in [3.8, 4) is 0 Å². The van der Waals surface area contributed by atoms with Crippen LogP contribution in [0.3, 0.4) is 0 Å². The Morgan fingerprint density at radius 1 is 1.28 bits per heavy atom. The van der Waals surface area contributed by atoms with Crippen molar-refractivity contribution in [3.63, 3.8) is 0 Å². The third-order valence-corrected chi connectivity index (χ3v) is 2.84. The van der Waals surface area contributed by atoms with Gasteiger partial charge in [-0.2, -0.15) is 0 Å². The van der Waals surface area contributed by atoms with Crippen LogP contribution in [0, 0.1) is 0 Å². The Hall–Kier alpha value is -1.45. The van der Waals surface area contributed by atoms with Crippen LogP contribution >= 0.6 is 0 Å². The van der Waals surface area contributed by atoms with E-state index in [2.05, 4.69) is 31.1 Å². The van der Waals surface area contributed by atoms with Crippen LogP contribution in [-0.4, -0.2) is 22.2 Å². The van der Waals surface area contributed by atoms with Gasteiger partial charge in [-0.1, -0.05) is 12.1 Å². The Balaban J connectivity index is 2.15. The number of hydrogen-bond donors (Lipinski definition) is 2. The van der Waals surface area contributed by atoms with Gasteiger partial charge in [0.05, 0.1) is 11.6 Å². The summed E-state index contributed by atoms with van der Waals surface area (Å²) < 4.78 is 0. The molecule has 2 N–H and O–H groups in total. The highest BCUT2D eigenvalue weighted by Crippen LogP contribution is 2.19. The fourth-order valence-corrected chi connectivity index (χ4v) is 1.82. The molecular weight excluding hydrogens is 224 g/mol. The Morgan fingerprint density at radius 3 is 2.78 bits per heavy atom. The van der Waals surface area contributed by atoms with Crippen molar-refractivity contribution in [1.29, 1.82) is 0 Å². The first kappa shape index (κ1) is 13.0. The Labute approximate surface area is 108 Å². The van der Waals surface area contributed by atoms with Gasteiger partial charge in [0.15, 0.2) is 0 Å². The average molecular weight is 244 g/mol. The summed E-state index contributed by atoms with van der Waals surface area (Å²) in [4.78, 5) is 4.27. The number of rotatable bonds is 3. The number of aliphatic hydroxyl groups excluding tert-OH is 1. The van der Waals surface area contributed by atoms with Crippen molar-refractivity contribution in [2.75, 3.05) is 6.54 Å². The molecule has 0 amide bonds. The molecule has 0 bridgehead atoms. The molecule has 0 radical (unpaired) electrons. The van der Waals surface area contributed by atoms with E-state index in [0.717, 1.165) is 16.5 Å². The highest BCUT2D eigenvalue weighted by Gasteiger charge is 2.13. The molecular formula is C15H20N2O. The van der Waals surface area contributed by atoms with Gasteiger partial charge in [0, 0.05) is 23.7 Å². The first-order valence-electron chi connectivity index (χ1n) is 6.23. The van der Waals surface area contributed by atoms with Gasteiger partial charge < -0.3 is 10.4 Å². The Kier molecular flexibility index (Phi) is 3.64. The van der Waals surface area contributed by atoms with E-state index >= 15 is 0 Å². The lowest BCUT2D eigenvalue weighted by atomic mass is 10.0. The molecule has 3 nitrogen and oxygen atoms in total. The molecule has 18 heavy (non-hydrogen) atoms. The minimum Gasteiger partial charge on any atom is -0.387 e. The van der Waals surface area contributed by atoms with Crippen LogP contribution in [0.5, 0.6) is 0 Å². The van der Waals surface area contributed by atoms with E-state index in [9.17, 15) is 5.11 Å². The third kappa shape index (κ3) is 3.28. The summed E-state index contributed by atoms with van der Waals surface area (Å²) in [5.41, 5.74) is 1.89. The fourth-order valence-electron chi connectivity index (χ4n) is 1.82. The number of fused-ring (bicyclic) bond motifs is 1. The molecule has 96 valence electrons. The van der Waals surface area contributed by atoms with Crippen molar-refractivity contribution < 1.29 is 5.11 Å². The van der Waals surface area contributed by atoms with Gasteiger partial charge in [-0.05, 0) is 44.5 Å². The number of aliphatic hydroxyl groups is 1. The van der Waals surface area contributed by atoms with E-state index in [-0.39, 0.29) is 5.54 Å². The van der Waals surface area contributed by atoms with Crippen LogP contribution in [0.25, 0.3) is 10.9 Å². The molecule has 0 aliphatic carbocycles. The SMILES string of the molecule is CC(C)(C)NC[C@H](O)c1ccc2ncccc2c1. The van der Waals surface area contributed by atoms with Gasteiger partial charge in [-0.3, -0.25) is 4.98 Å². The van der Waals surface area contributed by atoms with E-state index in [4.69, 9.17) is 0 Å². The van der Waals surface area contributed by atoms with Crippen molar-refractivity contribution >= 4 is 10.9 Å². The molecule has 3 heteroatoms. The quantitative estimate of drug-likeness (QED) is 0.872. The van der Waals surface area contributed by atoms with Crippen LogP contribution in [0.15, 0.2) is 36.5 Å². The van der Waals surface area contributed by atoms with Crippen LogP contribution in [0.1, 0.15) is 32.4 Å². The second-order valence-corrected chi connectivity index (χ2v) is 5.60. The molecule has 0 spiro atoms. The van der Waals surface area contributed by atoms with Crippen molar-refractivity contribution in [2.24, 2.45) is 0 Å². The molecule has 0 saturated heterocycles. The molecule has 1 aromatic carbocycles. The fraction of sp³-hybridized carbons (Fsp3) is 0.400. The second-order valence-electron chi connectivity index (χ2n) is 5.60. The van der Waals surface area contributed by atoms with Gasteiger partial charge in [0.25, 0.3) is 0 Å². The molecule has 2 aromatic rings. The number of β-amino-alcohol motifs (C(OH)–C–C–N with tert-alkyl or cyclic N) is 1. The molecule has 2 rings (SSSR count). The molecule has 0 fully saturated rings. The van der Waals surface area contributed by atoms with E-state index in [1.54, 1.807) is 6.20 Å². The minimum absolute atomic E-state index is 0.0133. The largest absolute Gasteiger partial charge is 0.387 e. The Morgan fingerprint density at radius 2 is 2.06 bits per heavy atom. The first-order valence-corrected chi connectivity index (χ1v) is 6.23. The number of nitrogens with zero attached hydrogens (tertiary/aromatic N) is 1. The lowest BCUT2D eigenvalue weighted by Gasteiger charge is -2.23. The van der Waals surface area contributed by atoms with E-state index in [1.165, 1.54) is 0 Å². The molecule has 1 aromatic heterocycles. The lowest BCUT2D eigenvalue weighted by Crippen LogP contribution is -2.38. The van der Waals surface area contributed by atoms with Gasteiger partial charge in [-0.25, -0.2) is 0 Å². The predicted octanol–water partition coefficient (Wildman–Crippen LogP) is 2.66. The maximum atomic E-state index is 10.2. The zero-order chi connectivity index (χ0) is 13.2. The number of aromatic nitrogens is 1. The van der Waals surface area contributed by atoms with E-state index in [1.807, 2.05) is 30.3 Å². The van der Waals surface area contributed by atoms with Gasteiger partial charge in [0.1, 0.15) is 0 Å². The maximum absolute atomic E-state index is 10.2. The Bertz CT molecular complexity index is 531. The van der Waals surface area contributed by atoms with Gasteiger partial charge in [-0.15, -0.1) is 0 Å². The summed E-state index contributed by atoms with van der Waals surface area (Å²) in [6.45, 7) is 6.81. The highest BCUT2D eigenvalue weighted by molar-refractivity contribution is 5.79. The predicted molar refractivity (Wildman–Crippen MR) is 74.5 cm³/mol. The van der Waals surface area contributed by atoms with Gasteiger partial charge in [0.2, 0.25) is 0 Å². The van der Waals surface area contributed by atoms with Crippen LogP contribution in [-0.2, 0) is 0 Å². The second kappa shape index (κ2) is 5.04. The smallest absolute Gasteiger partial charge is 0.0914 e. The van der Waals surface area contributed by atoms with Crippen LogP contribution in [0.2, 0.25) is 0 Å². The normalized spacial score (nSPS) is 13.8. The van der Waals surface area contributed by atoms with Crippen LogP contribution < -0.4 is 5.32 Å². The molecule has 1 heterocycles. The van der Waals surface area contributed by atoms with Crippen LogP contribution in [0.4, 0.5) is 0 Å². The molecule has 0 aliphatic heterocycles. The monoisotopic (exact) mass is 244 g/mol. The molecule has 0 saturated carbocycles. The zero-order valence-electron chi connectivity index (χ0n) is 11.1. The molecule has 0 unspecified atom stereocenters. The molecule has 0 aliphatic rings. The number of benzene rings is 1. The average Bonchev–Trinajstić information content (AvgIpc) is 2.34. The van der Waals surface area contributed by atoms with E-state index < -0.39 is 6.10 Å². The first-order chi connectivity index (χ1) is 8.46. The van der Waals surface area contributed by atoms with E-state index in [0.29, 0.717) is 6.54 Å². The summed E-state index contributed by atoms with van der Waals surface area (Å²) in [5.74, 6) is 0. The van der Waals surface area contributed by atoms with Crippen molar-refractivity contribution in [2.45, 2.75) is 32.4 Å². The summed E-state index contributed by atoms with van der Waals surface area (Å²) in [6, 6.07) is 9.80. The summed E-state index contributed by atoms with van der Waals surface area (Å²) >= 11 is 0. The van der Waals surface area contributed by atoms with Crippen molar-refractivity contribution in [1.82, 2.24) is 10.3 Å². The lowest BCUT2D eigenvalue weighted by molar-refractivity contribution is 0.163.